The van der Waals surface area contributed by atoms with Gasteiger partial charge in [-0.15, -0.1) is 0 Å². The van der Waals surface area contributed by atoms with Crippen molar-refractivity contribution in [3.05, 3.63) is 63.6 Å². The predicted octanol–water partition coefficient (Wildman–Crippen LogP) is 3.27. The average Bonchev–Trinajstić information content (AvgIpc) is 2.63. The van der Waals surface area contributed by atoms with Gasteiger partial charge in [-0.1, -0.05) is 15.9 Å². The number of hydrogen-bond donors (Lipinski definition) is 2. The van der Waals surface area contributed by atoms with Crippen LogP contribution in [0, 0.1) is 11.6 Å². The van der Waals surface area contributed by atoms with Gasteiger partial charge >= 0.3 is 5.97 Å². The molecule has 0 saturated carbocycles. The molecule has 2 amide bonds. The molecule has 0 atom stereocenters. The molecule has 0 aromatic heterocycles. The highest BCUT2D eigenvalue weighted by molar-refractivity contribution is 9.10. The van der Waals surface area contributed by atoms with Crippen molar-refractivity contribution in [3.8, 4) is 0 Å². The number of rotatable bonds is 6. The van der Waals surface area contributed by atoms with Gasteiger partial charge in [0.15, 0.2) is 0 Å². The van der Waals surface area contributed by atoms with Crippen molar-refractivity contribution >= 4 is 39.4 Å². The zero-order valence-electron chi connectivity index (χ0n) is 14.1. The molecule has 0 heterocycles. The summed E-state index contributed by atoms with van der Waals surface area (Å²) in [4.78, 5) is 35.3. The molecule has 0 aliphatic rings. The van der Waals surface area contributed by atoms with Gasteiger partial charge < -0.3 is 15.4 Å². The maximum Gasteiger partial charge on any atom is 0.340 e. The first-order chi connectivity index (χ1) is 12.8. The van der Waals surface area contributed by atoms with Crippen LogP contribution in [0.4, 0.5) is 14.5 Å². The van der Waals surface area contributed by atoms with Gasteiger partial charge in [-0.25, -0.2) is 13.6 Å². The SMILES string of the molecule is COC(=O)c1cc(NC(=O)CCNC(=O)c2ccc(Br)cc2)c(F)cc1F. The summed E-state index contributed by atoms with van der Waals surface area (Å²) in [6.07, 6.45) is -0.146. The number of carbonyl (C=O) groups excluding carboxylic acids is 3. The van der Waals surface area contributed by atoms with E-state index >= 15 is 0 Å². The largest absolute Gasteiger partial charge is 0.465 e. The van der Waals surface area contributed by atoms with Gasteiger partial charge in [-0.05, 0) is 30.3 Å². The van der Waals surface area contributed by atoms with E-state index in [0.717, 1.165) is 17.6 Å². The van der Waals surface area contributed by atoms with Crippen molar-refractivity contribution in [1.82, 2.24) is 5.32 Å². The second-order valence-electron chi connectivity index (χ2n) is 5.36. The smallest absolute Gasteiger partial charge is 0.340 e. The number of methoxy groups -OCH3 is 1. The van der Waals surface area contributed by atoms with Crippen molar-refractivity contribution in [2.45, 2.75) is 6.42 Å². The number of amides is 2. The van der Waals surface area contributed by atoms with Crippen molar-refractivity contribution in [3.63, 3.8) is 0 Å². The summed E-state index contributed by atoms with van der Waals surface area (Å²) in [5, 5.41) is 4.79. The number of esters is 1. The van der Waals surface area contributed by atoms with E-state index < -0.39 is 29.1 Å². The Bertz CT molecular complexity index is 872. The zero-order valence-corrected chi connectivity index (χ0v) is 15.7. The third kappa shape index (κ3) is 5.58. The van der Waals surface area contributed by atoms with E-state index in [1.807, 2.05) is 0 Å². The van der Waals surface area contributed by atoms with Gasteiger partial charge in [0.1, 0.15) is 11.6 Å². The van der Waals surface area contributed by atoms with E-state index in [-0.39, 0.29) is 24.6 Å². The van der Waals surface area contributed by atoms with Crippen LogP contribution >= 0.6 is 15.9 Å². The predicted molar refractivity (Wildman–Crippen MR) is 97.4 cm³/mol. The van der Waals surface area contributed by atoms with Crippen LogP contribution < -0.4 is 10.6 Å². The molecule has 2 aromatic rings. The van der Waals surface area contributed by atoms with Crippen LogP contribution in [0.15, 0.2) is 40.9 Å². The summed E-state index contributed by atoms with van der Waals surface area (Å²) in [6.45, 7) is 0.00734. The van der Waals surface area contributed by atoms with Crippen LogP contribution in [0.1, 0.15) is 27.1 Å². The molecule has 2 N–H and O–H groups in total. The fraction of sp³-hybridized carbons (Fsp3) is 0.167. The molecule has 0 bridgehead atoms. The van der Waals surface area contributed by atoms with E-state index in [2.05, 4.69) is 31.3 Å². The van der Waals surface area contributed by atoms with Crippen LogP contribution in [0.3, 0.4) is 0 Å². The number of halogens is 3. The van der Waals surface area contributed by atoms with Crippen molar-refractivity contribution in [1.29, 1.82) is 0 Å². The molecule has 0 unspecified atom stereocenters. The Morgan fingerprint density at radius 3 is 2.37 bits per heavy atom. The standard InChI is InChI=1S/C18H15BrF2N2O4/c1-27-18(26)12-8-15(14(21)9-13(12)20)23-16(24)6-7-22-17(25)10-2-4-11(19)5-3-10/h2-5,8-9H,6-7H2,1H3,(H,22,25)(H,23,24). The summed E-state index contributed by atoms with van der Waals surface area (Å²) in [6, 6.07) is 7.98. The van der Waals surface area contributed by atoms with Gasteiger partial charge in [0.05, 0.1) is 18.4 Å². The van der Waals surface area contributed by atoms with E-state index in [9.17, 15) is 23.2 Å². The molecular formula is C18H15BrF2N2O4. The first kappa shape index (κ1) is 20.5. The van der Waals surface area contributed by atoms with Gasteiger partial charge in [-0.3, -0.25) is 9.59 Å². The Balaban J connectivity index is 1.93. The summed E-state index contributed by atoms with van der Waals surface area (Å²) in [5.74, 6) is -4.11. The Labute approximate surface area is 162 Å². The molecule has 0 aliphatic carbocycles. The molecule has 0 radical (unpaired) electrons. The van der Waals surface area contributed by atoms with Gasteiger partial charge in [0, 0.05) is 29.1 Å². The average molecular weight is 441 g/mol. The molecule has 2 rings (SSSR count). The lowest BCUT2D eigenvalue weighted by molar-refractivity contribution is -0.116. The molecule has 0 fully saturated rings. The van der Waals surface area contributed by atoms with E-state index in [1.54, 1.807) is 24.3 Å². The topological polar surface area (TPSA) is 84.5 Å². The molecule has 6 nitrogen and oxygen atoms in total. The fourth-order valence-electron chi connectivity index (χ4n) is 2.12. The monoisotopic (exact) mass is 440 g/mol. The molecule has 27 heavy (non-hydrogen) atoms. The third-order valence-electron chi connectivity index (χ3n) is 3.48. The lowest BCUT2D eigenvalue weighted by Crippen LogP contribution is -2.27. The normalized spacial score (nSPS) is 10.2. The minimum Gasteiger partial charge on any atom is -0.465 e. The van der Waals surface area contributed by atoms with Crippen molar-refractivity contribution in [2.75, 3.05) is 19.0 Å². The zero-order chi connectivity index (χ0) is 20.0. The van der Waals surface area contributed by atoms with Crippen LogP contribution in [-0.2, 0) is 9.53 Å². The summed E-state index contributed by atoms with van der Waals surface area (Å²) < 4.78 is 32.6. The highest BCUT2D eigenvalue weighted by atomic mass is 79.9. The quantitative estimate of drug-likeness (QED) is 0.675. The Morgan fingerprint density at radius 1 is 1.07 bits per heavy atom. The minimum atomic E-state index is -1.10. The molecule has 142 valence electrons. The van der Waals surface area contributed by atoms with Crippen LogP contribution in [0.5, 0.6) is 0 Å². The lowest BCUT2D eigenvalue weighted by atomic mass is 10.1. The van der Waals surface area contributed by atoms with Gasteiger partial charge in [-0.2, -0.15) is 0 Å². The van der Waals surface area contributed by atoms with E-state index in [1.165, 1.54) is 0 Å². The Hall–Kier alpha value is -2.81. The lowest BCUT2D eigenvalue weighted by Gasteiger charge is -2.10. The van der Waals surface area contributed by atoms with Crippen LogP contribution in [-0.4, -0.2) is 31.4 Å². The van der Waals surface area contributed by atoms with E-state index in [4.69, 9.17) is 0 Å². The first-order valence-corrected chi connectivity index (χ1v) is 8.52. The van der Waals surface area contributed by atoms with E-state index in [0.29, 0.717) is 11.6 Å². The number of nitrogens with one attached hydrogen (secondary N) is 2. The summed E-state index contributed by atoms with van der Waals surface area (Å²) in [7, 11) is 1.05. The van der Waals surface area contributed by atoms with Gasteiger partial charge in [0.25, 0.3) is 5.91 Å². The molecule has 0 saturated heterocycles. The molecular weight excluding hydrogens is 426 g/mol. The van der Waals surface area contributed by atoms with Crippen LogP contribution in [0.2, 0.25) is 0 Å². The Morgan fingerprint density at radius 2 is 1.74 bits per heavy atom. The number of benzene rings is 2. The second kappa shape index (κ2) is 9.22. The summed E-state index contributed by atoms with van der Waals surface area (Å²) >= 11 is 3.26. The molecule has 9 heteroatoms. The van der Waals surface area contributed by atoms with Crippen LogP contribution in [0.25, 0.3) is 0 Å². The van der Waals surface area contributed by atoms with Crippen molar-refractivity contribution < 1.29 is 27.9 Å². The molecule has 0 spiro atoms. The third-order valence-corrected chi connectivity index (χ3v) is 4.01. The van der Waals surface area contributed by atoms with Gasteiger partial charge in [0.2, 0.25) is 5.91 Å². The number of ether oxygens (including phenoxy) is 1. The molecule has 2 aromatic carbocycles. The highest BCUT2D eigenvalue weighted by Gasteiger charge is 2.18. The molecule has 0 aliphatic heterocycles. The maximum atomic E-state index is 13.8. The van der Waals surface area contributed by atoms with Crippen molar-refractivity contribution in [2.24, 2.45) is 0 Å². The minimum absolute atomic E-state index is 0.00734. The second-order valence-corrected chi connectivity index (χ2v) is 6.28. The first-order valence-electron chi connectivity index (χ1n) is 7.72. The number of hydrogen-bond acceptors (Lipinski definition) is 4. The Kier molecular flexibility index (Phi) is 7.00. The number of anilines is 1. The number of carbonyl (C=O) groups is 3. The fourth-order valence-corrected chi connectivity index (χ4v) is 2.38. The highest BCUT2D eigenvalue weighted by Crippen LogP contribution is 2.20. The maximum absolute atomic E-state index is 13.8. The summed E-state index contributed by atoms with van der Waals surface area (Å²) in [5.41, 5.74) is -0.440.